The van der Waals surface area contributed by atoms with Crippen molar-refractivity contribution >= 4 is 40.6 Å². The smallest absolute Gasteiger partial charge is 0.338 e. The van der Waals surface area contributed by atoms with Crippen molar-refractivity contribution in [1.82, 2.24) is 4.90 Å². The van der Waals surface area contributed by atoms with Gasteiger partial charge in [-0.3, -0.25) is 9.69 Å². The third kappa shape index (κ3) is 5.96. The number of amides is 1. The highest BCUT2D eigenvalue weighted by Gasteiger charge is 2.30. The monoisotopic (exact) mass is 490 g/mol. The zero-order chi connectivity index (χ0) is 24.8. The second-order valence-corrected chi connectivity index (χ2v) is 8.59. The number of amidine groups is 1. The molecule has 1 heterocycles. The van der Waals surface area contributed by atoms with E-state index in [2.05, 4.69) is 4.99 Å². The van der Waals surface area contributed by atoms with Gasteiger partial charge in [0.2, 0.25) is 0 Å². The van der Waals surface area contributed by atoms with E-state index in [1.54, 1.807) is 74.6 Å². The summed E-state index contributed by atoms with van der Waals surface area (Å²) in [5.41, 5.74) is 2.38. The van der Waals surface area contributed by atoms with E-state index in [1.807, 2.05) is 12.1 Å². The Bertz CT molecular complexity index is 1290. The standard InChI is InChI=1S/C27H23FN2O4S/c1-3-33-26(32)19-10-12-21(13-11-19)29-27-30(2)25(31)24(35-27)16-18-8-14-22(15-9-18)34-17-20-6-4-5-7-23(20)28/h4-16H,3,17H2,1-2H3/b24-16-,29-27?. The van der Waals surface area contributed by atoms with E-state index in [0.717, 1.165) is 5.56 Å². The minimum Gasteiger partial charge on any atom is -0.489 e. The number of aliphatic imine (C=N–C) groups is 1. The molecular formula is C27H23FN2O4S. The number of ether oxygens (including phenoxy) is 2. The molecule has 0 aliphatic carbocycles. The fraction of sp³-hybridized carbons (Fsp3) is 0.148. The molecule has 4 rings (SSSR count). The molecule has 1 amide bonds. The SMILES string of the molecule is CCOC(=O)c1ccc(N=C2S/C(=C\c3ccc(OCc4ccccc4F)cc3)C(=O)N2C)cc1. The summed E-state index contributed by atoms with van der Waals surface area (Å²) in [6, 6.07) is 20.4. The molecule has 8 heteroatoms. The topological polar surface area (TPSA) is 68.2 Å². The van der Waals surface area contributed by atoms with Gasteiger partial charge in [0.25, 0.3) is 5.91 Å². The lowest BCUT2D eigenvalue weighted by Crippen LogP contribution is -2.23. The molecule has 0 atom stereocenters. The summed E-state index contributed by atoms with van der Waals surface area (Å²) >= 11 is 1.27. The Kier molecular flexibility index (Phi) is 7.62. The van der Waals surface area contributed by atoms with Crippen LogP contribution < -0.4 is 4.74 Å². The molecule has 3 aromatic rings. The molecule has 0 saturated carbocycles. The lowest BCUT2D eigenvalue weighted by molar-refractivity contribution is -0.121. The highest BCUT2D eigenvalue weighted by molar-refractivity contribution is 8.18. The highest BCUT2D eigenvalue weighted by atomic mass is 32.2. The molecule has 35 heavy (non-hydrogen) atoms. The first kappa shape index (κ1) is 24.2. The number of thioether (sulfide) groups is 1. The van der Waals surface area contributed by atoms with Gasteiger partial charge in [0.15, 0.2) is 5.17 Å². The van der Waals surface area contributed by atoms with Crippen LogP contribution in [0.4, 0.5) is 10.1 Å². The van der Waals surface area contributed by atoms with E-state index in [9.17, 15) is 14.0 Å². The summed E-state index contributed by atoms with van der Waals surface area (Å²) in [7, 11) is 1.67. The van der Waals surface area contributed by atoms with E-state index < -0.39 is 0 Å². The average Bonchev–Trinajstić information content (AvgIpc) is 3.12. The van der Waals surface area contributed by atoms with Gasteiger partial charge in [0.1, 0.15) is 18.2 Å². The predicted octanol–water partition coefficient (Wildman–Crippen LogP) is 5.82. The fourth-order valence-corrected chi connectivity index (χ4v) is 4.22. The summed E-state index contributed by atoms with van der Waals surface area (Å²) in [4.78, 5) is 31.1. The number of benzene rings is 3. The van der Waals surface area contributed by atoms with E-state index in [0.29, 0.717) is 39.2 Å². The molecule has 1 aliphatic rings. The molecule has 1 saturated heterocycles. The van der Waals surface area contributed by atoms with E-state index in [1.165, 1.54) is 22.7 Å². The molecule has 0 aromatic heterocycles. The second-order valence-electron chi connectivity index (χ2n) is 7.59. The van der Waals surface area contributed by atoms with Gasteiger partial charge in [-0.15, -0.1) is 0 Å². The number of carbonyl (C=O) groups excluding carboxylic acids is 2. The summed E-state index contributed by atoms with van der Waals surface area (Å²) in [5, 5.41) is 0.537. The Labute approximate surface area is 207 Å². The van der Waals surface area contributed by atoms with Gasteiger partial charge in [-0.2, -0.15) is 0 Å². The Balaban J connectivity index is 1.42. The number of likely N-dealkylation sites (N-methyl/N-ethyl adjacent to an activating group) is 1. The van der Waals surface area contributed by atoms with Crippen molar-refractivity contribution in [3.05, 3.63) is 100 Å². The van der Waals surface area contributed by atoms with Crippen molar-refractivity contribution < 1.29 is 23.5 Å². The van der Waals surface area contributed by atoms with Gasteiger partial charge in [0, 0.05) is 12.6 Å². The minimum absolute atomic E-state index is 0.132. The van der Waals surface area contributed by atoms with Crippen molar-refractivity contribution in [3.63, 3.8) is 0 Å². The van der Waals surface area contributed by atoms with E-state index in [-0.39, 0.29) is 24.3 Å². The minimum atomic E-state index is -0.386. The van der Waals surface area contributed by atoms with Crippen LogP contribution in [-0.4, -0.2) is 35.6 Å². The Hall–Kier alpha value is -3.91. The van der Waals surface area contributed by atoms with Gasteiger partial charge in [-0.05, 0) is 72.8 Å². The molecule has 0 radical (unpaired) electrons. The zero-order valence-electron chi connectivity index (χ0n) is 19.2. The van der Waals surface area contributed by atoms with Crippen LogP contribution >= 0.6 is 11.8 Å². The molecule has 6 nitrogen and oxygen atoms in total. The number of hydrogen-bond donors (Lipinski definition) is 0. The molecule has 178 valence electrons. The Morgan fingerprint density at radius 3 is 2.46 bits per heavy atom. The number of carbonyl (C=O) groups is 2. The van der Waals surface area contributed by atoms with Crippen molar-refractivity contribution in [2.45, 2.75) is 13.5 Å². The molecule has 3 aromatic carbocycles. The quantitative estimate of drug-likeness (QED) is 0.309. The van der Waals surface area contributed by atoms with Crippen LogP contribution in [0.2, 0.25) is 0 Å². The maximum Gasteiger partial charge on any atom is 0.338 e. The third-order valence-corrected chi connectivity index (χ3v) is 6.20. The molecule has 0 N–H and O–H groups in total. The first-order valence-electron chi connectivity index (χ1n) is 10.9. The first-order valence-corrected chi connectivity index (χ1v) is 11.8. The first-order chi connectivity index (χ1) is 16.9. The summed E-state index contributed by atoms with van der Waals surface area (Å²) < 4.78 is 24.4. The van der Waals surface area contributed by atoms with Crippen LogP contribution in [-0.2, 0) is 16.1 Å². The van der Waals surface area contributed by atoms with Crippen molar-refractivity contribution in [3.8, 4) is 5.75 Å². The van der Waals surface area contributed by atoms with Gasteiger partial charge >= 0.3 is 5.97 Å². The normalized spacial score (nSPS) is 15.6. The number of hydrogen-bond acceptors (Lipinski definition) is 6. The van der Waals surface area contributed by atoms with Gasteiger partial charge in [-0.25, -0.2) is 14.2 Å². The fourth-order valence-electron chi connectivity index (χ4n) is 3.24. The number of esters is 1. The van der Waals surface area contributed by atoms with Crippen molar-refractivity contribution in [1.29, 1.82) is 0 Å². The van der Waals surface area contributed by atoms with Crippen LogP contribution in [0.3, 0.4) is 0 Å². The van der Waals surface area contributed by atoms with Gasteiger partial charge < -0.3 is 9.47 Å². The maximum atomic E-state index is 13.7. The number of halogens is 1. The average molecular weight is 491 g/mol. The van der Waals surface area contributed by atoms with Crippen molar-refractivity contribution in [2.75, 3.05) is 13.7 Å². The van der Waals surface area contributed by atoms with Crippen LogP contribution in [0.25, 0.3) is 6.08 Å². The van der Waals surface area contributed by atoms with E-state index in [4.69, 9.17) is 9.47 Å². The zero-order valence-corrected chi connectivity index (χ0v) is 20.0. The lowest BCUT2D eigenvalue weighted by atomic mass is 10.2. The molecule has 0 spiro atoms. The van der Waals surface area contributed by atoms with Gasteiger partial charge in [-0.1, -0.05) is 30.3 Å². The van der Waals surface area contributed by atoms with Crippen LogP contribution in [0.5, 0.6) is 5.75 Å². The van der Waals surface area contributed by atoms with Crippen LogP contribution in [0, 0.1) is 5.82 Å². The Morgan fingerprint density at radius 2 is 1.77 bits per heavy atom. The predicted molar refractivity (Wildman–Crippen MR) is 135 cm³/mol. The largest absolute Gasteiger partial charge is 0.489 e. The third-order valence-electron chi connectivity index (χ3n) is 5.14. The van der Waals surface area contributed by atoms with Gasteiger partial charge in [0.05, 0.1) is 22.8 Å². The summed E-state index contributed by atoms with van der Waals surface area (Å²) in [5.74, 6) is -0.242. The number of nitrogens with zero attached hydrogens (tertiary/aromatic N) is 2. The highest BCUT2D eigenvalue weighted by Crippen LogP contribution is 2.33. The molecule has 0 bridgehead atoms. The maximum absolute atomic E-state index is 13.7. The van der Waals surface area contributed by atoms with Crippen molar-refractivity contribution in [2.24, 2.45) is 4.99 Å². The summed E-state index contributed by atoms with van der Waals surface area (Å²) in [6.45, 7) is 2.20. The van der Waals surface area contributed by atoms with Crippen LogP contribution in [0.1, 0.15) is 28.4 Å². The van der Waals surface area contributed by atoms with Crippen LogP contribution in [0.15, 0.2) is 82.7 Å². The molecule has 1 fully saturated rings. The molecule has 1 aliphatic heterocycles. The lowest BCUT2D eigenvalue weighted by Gasteiger charge is -2.07. The molecular weight excluding hydrogens is 467 g/mol. The summed E-state index contributed by atoms with van der Waals surface area (Å²) in [6.07, 6.45) is 1.79. The number of rotatable bonds is 7. The Morgan fingerprint density at radius 1 is 1.06 bits per heavy atom. The van der Waals surface area contributed by atoms with E-state index >= 15 is 0 Å². The molecule has 0 unspecified atom stereocenters. The second kappa shape index (κ2) is 11.0.